The van der Waals surface area contributed by atoms with Gasteiger partial charge in [0.2, 0.25) is 0 Å². The van der Waals surface area contributed by atoms with Crippen LogP contribution in [0.5, 0.6) is 0 Å². The molecule has 0 aromatic heterocycles. The number of nitro benzene ring substituents is 1. The van der Waals surface area contributed by atoms with Gasteiger partial charge < -0.3 is 5.32 Å². The Hall–Kier alpha value is -2.01. The molecular weight excluding hydrogens is 284 g/mol. The van der Waals surface area contributed by atoms with Crippen molar-refractivity contribution >= 4 is 23.1 Å². The highest BCUT2D eigenvalue weighted by molar-refractivity contribution is 7.98. The fraction of sp³-hybridized carbons (Fsp3) is 0.250. The SMILES string of the molecule is CNc1ccc(CSc2cc(C)ccc2C)cc1[N+](=O)[O-]. The Labute approximate surface area is 128 Å². The predicted octanol–water partition coefficient (Wildman–Crippen LogP) is 4.55. The largest absolute Gasteiger partial charge is 0.383 e. The van der Waals surface area contributed by atoms with Gasteiger partial charge in [0.05, 0.1) is 4.92 Å². The van der Waals surface area contributed by atoms with Crippen LogP contribution >= 0.6 is 11.8 Å². The molecule has 4 nitrogen and oxygen atoms in total. The molecule has 0 amide bonds. The molecule has 5 heteroatoms. The number of nitrogens with zero attached hydrogens (tertiary/aromatic N) is 1. The monoisotopic (exact) mass is 302 g/mol. The van der Waals surface area contributed by atoms with Crippen LogP contribution in [0.15, 0.2) is 41.3 Å². The summed E-state index contributed by atoms with van der Waals surface area (Å²) in [4.78, 5) is 11.9. The van der Waals surface area contributed by atoms with Crippen molar-refractivity contribution in [3.63, 3.8) is 0 Å². The number of rotatable bonds is 5. The number of thioether (sulfide) groups is 1. The molecule has 2 aromatic carbocycles. The molecule has 2 rings (SSSR count). The summed E-state index contributed by atoms with van der Waals surface area (Å²) >= 11 is 1.71. The van der Waals surface area contributed by atoms with Crippen LogP contribution in [0.1, 0.15) is 16.7 Å². The average molecular weight is 302 g/mol. The normalized spacial score (nSPS) is 10.4. The number of nitro groups is 1. The van der Waals surface area contributed by atoms with Gasteiger partial charge >= 0.3 is 0 Å². The molecule has 0 heterocycles. The number of anilines is 1. The summed E-state index contributed by atoms with van der Waals surface area (Å²) in [6.45, 7) is 4.14. The Bertz CT molecular complexity index is 671. The molecule has 0 saturated heterocycles. The molecule has 0 aliphatic carbocycles. The lowest BCUT2D eigenvalue weighted by molar-refractivity contribution is -0.384. The summed E-state index contributed by atoms with van der Waals surface area (Å²) in [7, 11) is 1.69. The maximum atomic E-state index is 11.1. The fourth-order valence-corrected chi connectivity index (χ4v) is 3.12. The van der Waals surface area contributed by atoms with Gasteiger partial charge in [-0.3, -0.25) is 10.1 Å². The van der Waals surface area contributed by atoms with E-state index >= 15 is 0 Å². The van der Waals surface area contributed by atoms with Crippen LogP contribution in [-0.4, -0.2) is 12.0 Å². The van der Waals surface area contributed by atoms with Gasteiger partial charge in [-0.2, -0.15) is 0 Å². The molecule has 2 aromatic rings. The van der Waals surface area contributed by atoms with Gasteiger partial charge in [-0.1, -0.05) is 23.8 Å². The highest BCUT2D eigenvalue weighted by atomic mass is 32.2. The fourth-order valence-electron chi connectivity index (χ4n) is 2.05. The highest BCUT2D eigenvalue weighted by Crippen LogP contribution is 2.30. The van der Waals surface area contributed by atoms with Crippen LogP contribution in [-0.2, 0) is 5.75 Å². The number of aryl methyl sites for hydroxylation is 2. The van der Waals surface area contributed by atoms with Crippen LogP contribution in [0.3, 0.4) is 0 Å². The minimum atomic E-state index is -0.349. The third kappa shape index (κ3) is 3.76. The zero-order valence-electron chi connectivity index (χ0n) is 12.3. The van der Waals surface area contributed by atoms with Crippen molar-refractivity contribution in [3.8, 4) is 0 Å². The molecular formula is C16H18N2O2S. The van der Waals surface area contributed by atoms with Crippen molar-refractivity contribution in [2.75, 3.05) is 12.4 Å². The first-order chi connectivity index (χ1) is 10.0. The topological polar surface area (TPSA) is 55.2 Å². The van der Waals surface area contributed by atoms with E-state index in [0.29, 0.717) is 5.69 Å². The minimum absolute atomic E-state index is 0.122. The Balaban J connectivity index is 2.18. The van der Waals surface area contributed by atoms with Gasteiger partial charge in [-0.25, -0.2) is 0 Å². The zero-order chi connectivity index (χ0) is 15.4. The van der Waals surface area contributed by atoms with Crippen LogP contribution in [0.25, 0.3) is 0 Å². The molecule has 21 heavy (non-hydrogen) atoms. The van der Waals surface area contributed by atoms with E-state index in [1.807, 2.05) is 6.07 Å². The van der Waals surface area contributed by atoms with Crippen molar-refractivity contribution in [1.82, 2.24) is 0 Å². The van der Waals surface area contributed by atoms with Crippen molar-refractivity contribution in [3.05, 3.63) is 63.2 Å². The van der Waals surface area contributed by atoms with E-state index in [1.54, 1.807) is 30.9 Å². The molecule has 0 bridgehead atoms. The molecule has 0 fully saturated rings. The first kappa shape index (κ1) is 15.4. The molecule has 0 atom stereocenters. The van der Waals surface area contributed by atoms with Crippen molar-refractivity contribution in [1.29, 1.82) is 0 Å². The van der Waals surface area contributed by atoms with Gasteiger partial charge in [0.15, 0.2) is 0 Å². The second-order valence-electron chi connectivity index (χ2n) is 4.92. The predicted molar refractivity (Wildman–Crippen MR) is 88.1 cm³/mol. The van der Waals surface area contributed by atoms with E-state index in [1.165, 1.54) is 16.0 Å². The lowest BCUT2D eigenvalue weighted by Gasteiger charge is -2.08. The van der Waals surface area contributed by atoms with Crippen molar-refractivity contribution in [2.24, 2.45) is 0 Å². The summed E-state index contributed by atoms with van der Waals surface area (Å²) in [5.74, 6) is 0.717. The number of nitrogens with one attached hydrogen (secondary N) is 1. The molecule has 0 aliphatic heterocycles. The molecule has 0 unspecified atom stereocenters. The summed E-state index contributed by atoms with van der Waals surface area (Å²) in [6, 6.07) is 11.7. The Morgan fingerprint density at radius 1 is 1.19 bits per heavy atom. The summed E-state index contributed by atoms with van der Waals surface area (Å²) in [6.07, 6.45) is 0. The minimum Gasteiger partial charge on any atom is -0.383 e. The van der Waals surface area contributed by atoms with Crippen molar-refractivity contribution in [2.45, 2.75) is 24.5 Å². The molecule has 0 spiro atoms. The smallest absolute Gasteiger partial charge is 0.292 e. The second kappa shape index (κ2) is 6.63. The highest BCUT2D eigenvalue weighted by Gasteiger charge is 2.13. The third-order valence-corrected chi connectivity index (χ3v) is 4.49. The van der Waals surface area contributed by atoms with Gasteiger partial charge in [0.25, 0.3) is 5.69 Å². The Kier molecular flexibility index (Phi) is 4.85. The van der Waals surface area contributed by atoms with Gasteiger partial charge in [-0.15, -0.1) is 11.8 Å². The maximum Gasteiger partial charge on any atom is 0.292 e. The first-order valence-corrected chi connectivity index (χ1v) is 7.65. The Morgan fingerprint density at radius 3 is 2.62 bits per heavy atom. The van der Waals surface area contributed by atoms with Gasteiger partial charge in [0.1, 0.15) is 5.69 Å². The van der Waals surface area contributed by atoms with E-state index in [0.717, 1.165) is 11.3 Å². The summed E-state index contributed by atoms with van der Waals surface area (Å²) in [5, 5.41) is 13.9. The Morgan fingerprint density at radius 2 is 1.95 bits per heavy atom. The summed E-state index contributed by atoms with van der Waals surface area (Å²) in [5.41, 5.74) is 4.07. The van der Waals surface area contributed by atoms with E-state index < -0.39 is 0 Å². The van der Waals surface area contributed by atoms with Gasteiger partial charge in [0, 0.05) is 23.8 Å². The molecule has 110 valence electrons. The number of benzene rings is 2. The third-order valence-electron chi connectivity index (χ3n) is 3.27. The first-order valence-electron chi connectivity index (χ1n) is 6.66. The zero-order valence-corrected chi connectivity index (χ0v) is 13.2. The second-order valence-corrected chi connectivity index (χ2v) is 5.93. The molecule has 1 N–H and O–H groups in total. The van der Waals surface area contributed by atoms with E-state index in [-0.39, 0.29) is 10.6 Å². The lowest BCUT2D eigenvalue weighted by Crippen LogP contribution is -1.97. The molecule has 0 radical (unpaired) electrons. The van der Waals surface area contributed by atoms with Crippen LogP contribution in [0, 0.1) is 24.0 Å². The molecule has 0 aliphatic rings. The lowest BCUT2D eigenvalue weighted by atomic mass is 10.2. The number of hydrogen-bond donors (Lipinski definition) is 1. The van der Waals surface area contributed by atoms with Crippen LogP contribution in [0.2, 0.25) is 0 Å². The van der Waals surface area contributed by atoms with E-state index in [4.69, 9.17) is 0 Å². The van der Waals surface area contributed by atoms with Crippen molar-refractivity contribution < 1.29 is 4.92 Å². The van der Waals surface area contributed by atoms with Crippen LogP contribution < -0.4 is 5.32 Å². The average Bonchev–Trinajstić information content (AvgIpc) is 2.47. The maximum absolute atomic E-state index is 11.1. The van der Waals surface area contributed by atoms with E-state index in [9.17, 15) is 10.1 Å². The van der Waals surface area contributed by atoms with Crippen LogP contribution in [0.4, 0.5) is 11.4 Å². The number of hydrogen-bond acceptors (Lipinski definition) is 4. The quantitative estimate of drug-likeness (QED) is 0.500. The summed E-state index contributed by atoms with van der Waals surface area (Å²) < 4.78 is 0. The standard InChI is InChI=1S/C16H18N2O2S/c1-11-4-5-12(2)16(8-11)21-10-13-6-7-14(17-3)15(9-13)18(19)20/h4-9,17H,10H2,1-3H3. The van der Waals surface area contributed by atoms with E-state index in [2.05, 4.69) is 37.4 Å². The van der Waals surface area contributed by atoms with Gasteiger partial charge in [-0.05, 0) is 37.1 Å². The molecule has 0 saturated carbocycles.